The summed E-state index contributed by atoms with van der Waals surface area (Å²) in [5.41, 5.74) is 5.53. The predicted octanol–water partition coefficient (Wildman–Crippen LogP) is 6.20. The molecule has 4 aromatic carbocycles. The highest BCUT2D eigenvalue weighted by molar-refractivity contribution is 6.05. The summed E-state index contributed by atoms with van der Waals surface area (Å²) in [6.45, 7) is 4.44. The third-order valence-electron chi connectivity index (χ3n) is 4.78. The van der Waals surface area contributed by atoms with Gasteiger partial charge in [-0.05, 0) is 70.1 Å². The van der Waals surface area contributed by atoms with Crippen LogP contribution < -0.4 is 0 Å². The molecule has 4 rings (SSSR count). The van der Waals surface area contributed by atoms with Crippen LogP contribution in [0.15, 0.2) is 72.8 Å². The topological polar surface area (TPSA) is 0 Å². The molecule has 0 spiro atoms. The number of hydrogen-bond donors (Lipinski definition) is 0. The molecule has 0 saturated heterocycles. The average Bonchev–Trinajstić information content (AvgIpc) is 2.59. The van der Waals surface area contributed by atoms with Gasteiger partial charge in [-0.15, -0.1) is 0 Å². The maximum Gasteiger partial charge on any atom is -0.00133 e. The summed E-state index contributed by atoms with van der Waals surface area (Å²) in [4.78, 5) is 0. The molecule has 23 heavy (non-hydrogen) atoms. The standard InChI is InChI=1S/C23H20/c1-16-12-13-17(2)23-21(16)15-19-10-6-7-11-20(19)22(23)14-18-8-4-3-5-9-18/h3-13,15H,14H2,1-2H3. The molecule has 0 nitrogen and oxygen atoms in total. The van der Waals surface area contributed by atoms with Crippen LogP contribution in [0.25, 0.3) is 21.5 Å². The van der Waals surface area contributed by atoms with E-state index in [1.165, 1.54) is 43.8 Å². The Bertz CT molecular complexity index is 995. The molecular formula is C23H20. The molecular weight excluding hydrogens is 276 g/mol. The van der Waals surface area contributed by atoms with E-state index in [0.29, 0.717) is 0 Å². The van der Waals surface area contributed by atoms with Crippen LogP contribution in [0.4, 0.5) is 0 Å². The lowest BCUT2D eigenvalue weighted by molar-refractivity contribution is 1.23. The zero-order valence-corrected chi connectivity index (χ0v) is 13.6. The van der Waals surface area contributed by atoms with E-state index in [2.05, 4.69) is 86.6 Å². The zero-order valence-electron chi connectivity index (χ0n) is 13.6. The lowest BCUT2D eigenvalue weighted by Gasteiger charge is -2.15. The molecule has 0 amide bonds. The third-order valence-corrected chi connectivity index (χ3v) is 4.78. The maximum absolute atomic E-state index is 2.35. The highest BCUT2D eigenvalue weighted by atomic mass is 14.2. The van der Waals surface area contributed by atoms with Gasteiger partial charge in [0.05, 0.1) is 0 Å². The molecule has 4 aromatic rings. The van der Waals surface area contributed by atoms with Gasteiger partial charge in [0, 0.05) is 0 Å². The first-order chi connectivity index (χ1) is 11.2. The maximum atomic E-state index is 2.35. The predicted molar refractivity (Wildman–Crippen MR) is 100 cm³/mol. The van der Waals surface area contributed by atoms with E-state index < -0.39 is 0 Å². The molecule has 0 unspecified atom stereocenters. The SMILES string of the molecule is Cc1ccc(C)c2c(Cc3ccccc3)c3ccccc3cc12. The first kappa shape index (κ1) is 14.0. The van der Waals surface area contributed by atoms with Crippen molar-refractivity contribution in [2.24, 2.45) is 0 Å². The van der Waals surface area contributed by atoms with Crippen LogP contribution >= 0.6 is 0 Å². The van der Waals surface area contributed by atoms with Crippen LogP contribution in [0.5, 0.6) is 0 Å². The number of aryl methyl sites for hydroxylation is 2. The van der Waals surface area contributed by atoms with Gasteiger partial charge in [-0.25, -0.2) is 0 Å². The molecule has 0 fully saturated rings. The molecule has 0 heteroatoms. The number of fused-ring (bicyclic) bond motifs is 2. The Morgan fingerprint density at radius 2 is 1.35 bits per heavy atom. The van der Waals surface area contributed by atoms with Crippen LogP contribution in [-0.2, 0) is 6.42 Å². The fourth-order valence-electron chi connectivity index (χ4n) is 3.59. The van der Waals surface area contributed by atoms with Gasteiger partial charge in [-0.2, -0.15) is 0 Å². The summed E-state index contributed by atoms with van der Waals surface area (Å²) in [5, 5.41) is 5.51. The second-order valence-corrected chi connectivity index (χ2v) is 6.36. The van der Waals surface area contributed by atoms with Crippen molar-refractivity contribution in [2.45, 2.75) is 20.3 Å². The van der Waals surface area contributed by atoms with Gasteiger partial charge in [0.25, 0.3) is 0 Å². The Labute approximate surface area is 137 Å². The lowest BCUT2D eigenvalue weighted by Crippen LogP contribution is -1.95. The van der Waals surface area contributed by atoms with E-state index >= 15 is 0 Å². The number of rotatable bonds is 2. The van der Waals surface area contributed by atoms with Gasteiger partial charge in [-0.1, -0.05) is 66.7 Å². The van der Waals surface area contributed by atoms with E-state index in [1.54, 1.807) is 0 Å². The monoisotopic (exact) mass is 296 g/mol. The van der Waals surface area contributed by atoms with Crippen LogP contribution in [-0.4, -0.2) is 0 Å². The van der Waals surface area contributed by atoms with Crippen molar-refractivity contribution in [2.75, 3.05) is 0 Å². The van der Waals surface area contributed by atoms with Crippen molar-refractivity contribution in [3.63, 3.8) is 0 Å². The fraction of sp³-hybridized carbons (Fsp3) is 0.130. The van der Waals surface area contributed by atoms with Gasteiger partial charge in [0.2, 0.25) is 0 Å². The average molecular weight is 296 g/mol. The minimum Gasteiger partial charge on any atom is -0.0622 e. The van der Waals surface area contributed by atoms with E-state index in [0.717, 1.165) is 6.42 Å². The Balaban J connectivity index is 2.10. The fourth-order valence-corrected chi connectivity index (χ4v) is 3.59. The molecule has 0 aromatic heterocycles. The summed E-state index contributed by atoms with van der Waals surface area (Å²) in [6.07, 6.45) is 0.975. The van der Waals surface area contributed by atoms with Crippen molar-refractivity contribution >= 4 is 21.5 Å². The Kier molecular flexibility index (Phi) is 3.38. The minimum absolute atomic E-state index is 0.975. The molecule has 0 bridgehead atoms. The van der Waals surface area contributed by atoms with Gasteiger partial charge in [0.1, 0.15) is 0 Å². The van der Waals surface area contributed by atoms with E-state index in [-0.39, 0.29) is 0 Å². The molecule has 112 valence electrons. The van der Waals surface area contributed by atoms with Crippen molar-refractivity contribution < 1.29 is 0 Å². The Morgan fingerprint density at radius 3 is 2.17 bits per heavy atom. The third kappa shape index (κ3) is 2.41. The first-order valence-corrected chi connectivity index (χ1v) is 8.18. The highest BCUT2D eigenvalue weighted by Gasteiger charge is 2.11. The Hall–Kier alpha value is -2.60. The summed E-state index contributed by atoms with van der Waals surface area (Å²) in [5.74, 6) is 0. The van der Waals surface area contributed by atoms with Crippen molar-refractivity contribution in [3.8, 4) is 0 Å². The molecule has 0 radical (unpaired) electrons. The molecule has 0 N–H and O–H groups in total. The largest absolute Gasteiger partial charge is 0.0622 e. The first-order valence-electron chi connectivity index (χ1n) is 8.18. The summed E-state index contributed by atoms with van der Waals surface area (Å²) in [6, 6.07) is 26.4. The van der Waals surface area contributed by atoms with Gasteiger partial charge >= 0.3 is 0 Å². The summed E-state index contributed by atoms with van der Waals surface area (Å²) < 4.78 is 0. The van der Waals surface area contributed by atoms with Gasteiger partial charge < -0.3 is 0 Å². The van der Waals surface area contributed by atoms with Crippen LogP contribution in [0.3, 0.4) is 0 Å². The zero-order chi connectivity index (χ0) is 15.8. The van der Waals surface area contributed by atoms with E-state index in [4.69, 9.17) is 0 Å². The van der Waals surface area contributed by atoms with Crippen molar-refractivity contribution in [1.29, 1.82) is 0 Å². The van der Waals surface area contributed by atoms with Crippen molar-refractivity contribution in [1.82, 2.24) is 0 Å². The van der Waals surface area contributed by atoms with E-state index in [1.807, 2.05) is 0 Å². The molecule has 0 saturated carbocycles. The quantitative estimate of drug-likeness (QED) is 0.386. The smallest absolute Gasteiger partial charge is 0.00133 e. The minimum atomic E-state index is 0.975. The van der Waals surface area contributed by atoms with Crippen LogP contribution in [0, 0.1) is 13.8 Å². The molecule has 0 aliphatic heterocycles. The van der Waals surface area contributed by atoms with Gasteiger partial charge in [0.15, 0.2) is 0 Å². The molecule has 0 atom stereocenters. The molecule has 0 aliphatic carbocycles. The second-order valence-electron chi connectivity index (χ2n) is 6.36. The van der Waals surface area contributed by atoms with Crippen molar-refractivity contribution in [3.05, 3.63) is 95.1 Å². The van der Waals surface area contributed by atoms with Gasteiger partial charge in [-0.3, -0.25) is 0 Å². The second kappa shape index (κ2) is 5.55. The summed E-state index contributed by atoms with van der Waals surface area (Å²) in [7, 11) is 0. The Morgan fingerprint density at radius 1 is 0.652 bits per heavy atom. The number of benzene rings is 4. The normalized spacial score (nSPS) is 11.2. The summed E-state index contributed by atoms with van der Waals surface area (Å²) >= 11 is 0. The van der Waals surface area contributed by atoms with Crippen LogP contribution in [0.2, 0.25) is 0 Å². The molecule has 0 heterocycles. The highest BCUT2D eigenvalue weighted by Crippen LogP contribution is 2.34. The lowest BCUT2D eigenvalue weighted by atomic mass is 9.89. The van der Waals surface area contributed by atoms with Crippen LogP contribution in [0.1, 0.15) is 22.3 Å². The van der Waals surface area contributed by atoms with E-state index in [9.17, 15) is 0 Å². The molecule has 0 aliphatic rings. The number of hydrogen-bond acceptors (Lipinski definition) is 0.